The first-order valence-electron chi connectivity index (χ1n) is 7.65. The van der Waals surface area contributed by atoms with Crippen LogP contribution in [0.3, 0.4) is 0 Å². The van der Waals surface area contributed by atoms with Gasteiger partial charge < -0.3 is 5.11 Å². The van der Waals surface area contributed by atoms with Crippen molar-refractivity contribution in [2.24, 2.45) is 0 Å². The number of aryl methyl sites for hydroxylation is 1. The zero-order chi connectivity index (χ0) is 16.7. The predicted molar refractivity (Wildman–Crippen MR) is 96.6 cm³/mol. The van der Waals surface area contributed by atoms with Gasteiger partial charge in [-0.1, -0.05) is 60.2 Å². The summed E-state index contributed by atoms with van der Waals surface area (Å²) < 4.78 is 12.7. The van der Waals surface area contributed by atoms with E-state index in [1.165, 1.54) is 0 Å². The molecular formula is C20H22O2S. The van der Waals surface area contributed by atoms with Gasteiger partial charge in [0, 0.05) is 16.2 Å². The summed E-state index contributed by atoms with van der Waals surface area (Å²) in [6, 6.07) is 17.4. The number of aliphatic hydroxyl groups excluding tert-OH is 1. The van der Waals surface area contributed by atoms with Crippen LogP contribution in [0.25, 0.3) is 0 Å². The molecule has 2 aromatic rings. The summed E-state index contributed by atoms with van der Waals surface area (Å²) in [5.74, 6) is 0. The van der Waals surface area contributed by atoms with Crippen molar-refractivity contribution < 1.29 is 9.32 Å². The molecule has 0 aromatic heterocycles. The fourth-order valence-corrected chi connectivity index (χ4v) is 3.44. The molecule has 3 heteroatoms. The van der Waals surface area contributed by atoms with Crippen LogP contribution in [0.2, 0.25) is 0 Å². The molecule has 1 N–H and O–H groups in total. The van der Waals surface area contributed by atoms with E-state index in [2.05, 4.69) is 0 Å². The molecule has 0 heterocycles. The Bertz CT molecular complexity index is 700. The van der Waals surface area contributed by atoms with E-state index < -0.39 is 16.9 Å². The highest BCUT2D eigenvalue weighted by molar-refractivity contribution is 7.89. The Kier molecular flexibility index (Phi) is 6.51. The first-order valence-corrected chi connectivity index (χ1v) is 8.80. The van der Waals surface area contributed by atoms with Crippen LogP contribution in [0.4, 0.5) is 0 Å². The normalized spacial score (nSPS) is 14.8. The number of benzene rings is 2. The van der Waals surface area contributed by atoms with E-state index in [9.17, 15) is 9.32 Å². The minimum absolute atomic E-state index is 0.507. The van der Waals surface area contributed by atoms with E-state index in [0.717, 1.165) is 16.0 Å². The number of aliphatic hydroxyl groups is 1. The van der Waals surface area contributed by atoms with Gasteiger partial charge in [0.15, 0.2) is 0 Å². The fraction of sp³-hybridized carbons (Fsp3) is 0.200. The number of hydrogen-bond donors (Lipinski definition) is 1. The van der Waals surface area contributed by atoms with Crippen LogP contribution < -0.4 is 0 Å². The molecular weight excluding hydrogens is 304 g/mol. The van der Waals surface area contributed by atoms with Crippen molar-refractivity contribution in [2.75, 3.05) is 0 Å². The molecule has 0 amide bonds. The van der Waals surface area contributed by atoms with Gasteiger partial charge >= 0.3 is 0 Å². The second kappa shape index (κ2) is 8.61. The Labute approximate surface area is 140 Å². The lowest BCUT2D eigenvalue weighted by Crippen LogP contribution is -2.09. The SMILES string of the molecule is C/C=C/C(=C/[C@@H](O)Cc1ccccc1)S(=O)c1ccc(C)cc1. The van der Waals surface area contributed by atoms with E-state index in [1.807, 2.05) is 74.5 Å². The second-order valence-corrected chi connectivity index (χ2v) is 6.89. The maximum absolute atomic E-state index is 12.7. The summed E-state index contributed by atoms with van der Waals surface area (Å²) in [6.45, 7) is 3.88. The van der Waals surface area contributed by atoms with Gasteiger partial charge in [-0.05, 0) is 37.6 Å². The molecule has 2 rings (SSSR count). The topological polar surface area (TPSA) is 37.3 Å². The van der Waals surface area contributed by atoms with E-state index >= 15 is 0 Å². The highest BCUT2D eigenvalue weighted by Gasteiger charge is 2.11. The molecule has 0 bridgehead atoms. The summed E-state index contributed by atoms with van der Waals surface area (Å²) >= 11 is 0. The number of hydrogen-bond acceptors (Lipinski definition) is 2. The van der Waals surface area contributed by atoms with Gasteiger partial charge in [0.05, 0.1) is 16.9 Å². The Hall–Kier alpha value is -1.97. The van der Waals surface area contributed by atoms with Crippen molar-refractivity contribution in [3.63, 3.8) is 0 Å². The van der Waals surface area contributed by atoms with Crippen LogP contribution in [0.15, 0.2) is 82.6 Å². The maximum atomic E-state index is 12.7. The average Bonchev–Trinajstić information content (AvgIpc) is 2.55. The molecule has 0 fully saturated rings. The molecule has 1 unspecified atom stereocenters. The van der Waals surface area contributed by atoms with Gasteiger partial charge in [-0.2, -0.15) is 0 Å². The van der Waals surface area contributed by atoms with Gasteiger partial charge in [-0.15, -0.1) is 0 Å². The quantitative estimate of drug-likeness (QED) is 0.809. The highest BCUT2D eigenvalue weighted by atomic mass is 32.2. The predicted octanol–water partition coefficient (Wildman–Crippen LogP) is 4.17. The average molecular weight is 326 g/mol. The van der Waals surface area contributed by atoms with E-state index in [1.54, 1.807) is 12.2 Å². The zero-order valence-corrected chi connectivity index (χ0v) is 14.3. The third-order valence-electron chi connectivity index (χ3n) is 3.42. The highest BCUT2D eigenvalue weighted by Crippen LogP contribution is 2.18. The molecule has 2 atom stereocenters. The Balaban J connectivity index is 2.19. The van der Waals surface area contributed by atoms with Crippen LogP contribution in [0.1, 0.15) is 18.1 Å². The summed E-state index contributed by atoms with van der Waals surface area (Å²) in [4.78, 5) is 1.37. The van der Waals surface area contributed by atoms with Gasteiger partial charge in [-0.25, -0.2) is 4.21 Å². The lowest BCUT2D eigenvalue weighted by Gasteiger charge is -2.09. The smallest absolute Gasteiger partial charge is 0.0847 e. The third-order valence-corrected chi connectivity index (χ3v) is 4.83. The first kappa shape index (κ1) is 17.4. The summed E-state index contributed by atoms with van der Waals surface area (Å²) in [6.07, 6.45) is 5.16. The van der Waals surface area contributed by atoms with Crippen LogP contribution >= 0.6 is 0 Å². The van der Waals surface area contributed by atoms with Crippen LogP contribution in [0, 0.1) is 6.92 Å². The Morgan fingerprint density at radius 2 is 1.78 bits per heavy atom. The van der Waals surface area contributed by atoms with E-state index in [0.29, 0.717) is 11.3 Å². The molecule has 0 aliphatic rings. The van der Waals surface area contributed by atoms with Gasteiger partial charge in [-0.3, -0.25) is 0 Å². The molecule has 2 aromatic carbocycles. The molecule has 0 spiro atoms. The van der Waals surface area contributed by atoms with Gasteiger partial charge in [0.25, 0.3) is 0 Å². The van der Waals surface area contributed by atoms with Crippen molar-refractivity contribution in [1.29, 1.82) is 0 Å². The molecule has 23 heavy (non-hydrogen) atoms. The molecule has 0 aliphatic carbocycles. The summed E-state index contributed by atoms with van der Waals surface area (Å²) in [5.41, 5.74) is 2.18. The van der Waals surface area contributed by atoms with Crippen LogP contribution in [-0.2, 0) is 17.2 Å². The molecule has 2 nitrogen and oxygen atoms in total. The molecule has 0 saturated carbocycles. The molecule has 120 valence electrons. The van der Waals surface area contributed by atoms with E-state index in [-0.39, 0.29) is 0 Å². The minimum atomic E-state index is -1.29. The second-order valence-electron chi connectivity index (χ2n) is 5.41. The molecule has 0 radical (unpaired) electrons. The minimum Gasteiger partial charge on any atom is -0.389 e. The summed E-state index contributed by atoms with van der Waals surface area (Å²) in [7, 11) is -1.29. The monoisotopic (exact) mass is 326 g/mol. The van der Waals surface area contributed by atoms with Gasteiger partial charge in [0.1, 0.15) is 0 Å². The van der Waals surface area contributed by atoms with Crippen molar-refractivity contribution in [3.8, 4) is 0 Å². The van der Waals surface area contributed by atoms with Crippen LogP contribution in [0.5, 0.6) is 0 Å². The number of allylic oxidation sites excluding steroid dienone is 2. The lowest BCUT2D eigenvalue weighted by atomic mass is 10.1. The number of rotatable bonds is 6. The summed E-state index contributed by atoms with van der Waals surface area (Å²) in [5, 5.41) is 10.3. The van der Waals surface area contributed by atoms with E-state index in [4.69, 9.17) is 0 Å². The lowest BCUT2D eigenvalue weighted by molar-refractivity contribution is 0.223. The first-order chi connectivity index (χ1) is 11.1. The Morgan fingerprint density at radius 1 is 1.13 bits per heavy atom. The standard InChI is InChI=1S/C20H22O2S/c1-3-7-20(23(22)19-12-10-16(2)11-13-19)15-18(21)14-17-8-5-4-6-9-17/h3-13,15,18,21H,14H2,1-2H3/b7-3+,20-15-/t18-,23?/m0/s1. The third kappa shape index (κ3) is 5.31. The van der Waals surface area contributed by atoms with Crippen molar-refractivity contribution in [3.05, 3.63) is 88.9 Å². The Morgan fingerprint density at radius 3 is 2.39 bits per heavy atom. The fourth-order valence-electron chi connectivity index (χ4n) is 2.25. The van der Waals surface area contributed by atoms with Crippen molar-refractivity contribution in [2.45, 2.75) is 31.3 Å². The zero-order valence-electron chi connectivity index (χ0n) is 13.5. The molecule has 0 aliphatic heterocycles. The van der Waals surface area contributed by atoms with Crippen LogP contribution in [-0.4, -0.2) is 15.4 Å². The van der Waals surface area contributed by atoms with Crippen molar-refractivity contribution >= 4 is 10.8 Å². The molecule has 0 saturated heterocycles. The largest absolute Gasteiger partial charge is 0.389 e. The van der Waals surface area contributed by atoms with Gasteiger partial charge in [0.2, 0.25) is 0 Å². The maximum Gasteiger partial charge on any atom is 0.0847 e. The van der Waals surface area contributed by atoms with Crippen molar-refractivity contribution in [1.82, 2.24) is 0 Å².